The molecule has 20 heavy (non-hydrogen) atoms. The summed E-state index contributed by atoms with van der Waals surface area (Å²) in [6, 6.07) is 4.15. The number of halogens is 2. The number of terminal acetylenes is 1. The molecule has 0 radical (unpaired) electrons. The Kier molecular flexibility index (Phi) is 5.51. The van der Waals surface area contributed by atoms with E-state index < -0.39 is 11.6 Å². The van der Waals surface area contributed by atoms with Crippen LogP contribution in [0, 0.1) is 24.0 Å². The van der Waals surface area contributed by atoms with Gasteiger partial charge in [0.2, 0.25) is 0 Å². The molecule has 2 rings (SSSR count). The summed E-state index contributed by atoms with van der Waals surface area (Å²) in [5, 5.41) is 3.45. The summed E-state index contributed by atoms with van der Waals surface area (Å²) >= 11 is 0. The van der Waals surface area contributed by atoms with Gasteiger partial charge in [-0.2, -0.15) is 0 Å². The number of likely N-dealkylation sites (tertiary alicyclic amines) is 1. The van der Waals surface area contributed by atoms with Gasteiger partial charge >= 0.3 is 0 Å². The summed E-state index contributed by atoms with van der Waals surface area (Å²) in [4.78, 5) is 2.26. The molecule has 0 amide bonds. The molecule has 4 heteroatoms. The van der Waals surface area contributed by atoms with E-state index in [-0.39, 0.29) is 0 Å². The smallest absolute Gasteiger partial charge is 0.126 e. The fraction of sp³-hybridized carbons (Fsp3) is 0.500. The molecule has 1 aliphatic heterocycles. The molecule has 108 valence electrons. The molecule has 1 saturated heterocycles. The fourth-order valence-electron chi connectivity index (χ4n) is 2.60. The summed E-state index contributed by atoms with van der Waals surface area (Å²) < 4.78 is 26.1. The van der Waals surface area contributed by atoms with Crippen LogP contribution in [0.4, 0.5) is 8.78 Å². The van der Waals surface area contributed by atoms with Crippen LogP contribution in [0.25, 0.3) is 0 Å². The number of nitrogens with zero attached hydrogens (tertiary/aromatic N) is 1. The van der Waals surface area contributed by atoms with E-state index in [4.69, 9.17) is 6.42 Å². The molecule has 2 nitrogen and oxygen atoms in total. The van der Waals surface area contributed by atoms with Crippen LogP contribution in [0.1, 0.15) is 18.4 Å². The van der Waals surface area contributed by atoms with E-state index in [0.717, 1.165) is 45.1 Å². The predicted octanol–water partition coefficient (Wildman–Crippen LogP) is 2.19. The van der Waals surface area contributed by atoms with Gasteiger partial charge < -0.3 is 5.32 Å². The highest BCUT2D eigenvalue weighted by molar-refractivity contribution is 5.18. The molecule has 0 saturated carbocycles. The molecule has 0 aliphatic carbocycles. The Morgan fingerprint density at radius 2 is 1.85 bits per heavy atom. The summed E-state index contributed by atoms with van der Waals surface area (Å²) in [6.45, 7) is 3.48. The van der Waals surface area contributed by atoms with Crippen LogP contribution < -0.4 is 5.32 Å². The predicted molar refractivity (Wildman–Crippen MR) is 76.4 cm³/mol. The van der Waals surface area contributed by atoms with Crippen molar-refractivity contribution in [2.75, 3.05) is 26.2 Å². The second-order valence-corrected chi connectivity index (χ2v) is 5.24. The Morgan fingerprint density at radius 1 is 1.20 bits per heavy atom. The minimum Gasteiger partial charge on any atom is -0.314 e. The van der Waals surface area contributed by atoms with Gasteiger partial charge in [0, 0.05) is 25.2 Å². The SMILES string of the molecule is C#CCN1CCC(NCCc2cc(F)cc(F)c2)CC1. The zero-order chi connectivity index (χ0) is 14.4. The second kappa shape index (κ2) is 7.37. The number of rotatable bonds is 5. The highest BCUT2D eigenvalue weighted by Gasteiger charge is 2.17. The molecular weight excluding hydrogens is 258 g/mol. The summed E-state index contributed by atoms with van der Waals surface area (Å²) in [5.41, 5.74) is 0.694. The van der Waals surface area contributed by atoms with Gasteiger partial charge in [0.25, 0.3) is 0 Å². The van der Waals surface area contributed by atoms with Crippen molar-refractivity contribution < 1.29 is 8.78 Å². The van der Waals surface area contributed by atoms with Crippen molar-refractivity contribution in [2.45, 2.75) is 25.3 Å². The maximum absolute atomic E-state index is 13.0. The highest BCUT2D eigenvalue weighted by atomic mass is 19.1. The van der Waals surface area contributed by atoms with Crippen LogP contribution in [0.5, 0.6) is 0 Å². The molecule has 0 unspecified atom stereocenters. The lowest BCUT2D eigenvalue weighted by atomic mass is 10.0. The molecule has 0 aromatic heterocycles. The third kappa shape index (κ3) is 4.59. The molecular formula is C16H20F2N2. The maximum Gasteiger partial charge on any atom is 0.126 e. The van der Waals surface area contributed by atoms with Crippen molar-refractivity contribution in [2.24, 2.45) is 0 Å². The topological polar surface area (TPSA) is 15.3 Å². The minimum absolute atomic E-state index is 0.474. The summed E-state index contributed by atoms with van der Waals surface area (Å²) in [5.74, 6) is 1.64. The van der Waals surface area contributed by atoms with Crippen molar-refractivity contribution in [3.63, 3.8) is 0 Å². The van der Waals surface area contributed by atoms with Gasteiger partial charge in [-0.1, -0.05) is 5.92 Å². The first kappa shape index (κ1) is 15.0. The van der Waals surface area contributed by atoms with E-state index in [1.807, 2.05) is 0 Å². The van der Waals surface area contributed by atoms with Crippen molar-refractivity contribution in [3.8, 4) is 12.3 Å². The molecule has 0 spiro atoms. The lowest BCUT2D eigenvalue weighted by Gasteiger charge is -2.31. The van der Waals surface area contributed by atoms with Crippen LogP contribution in [0.3, 0.4) is 0 Å². The van der Waals surface area contributed by atoms with E-state index in [1.54, 1.807) is 0 Å². The zero-order valence-corrected chi connectivity index (χ0v) is 11.5. The summed E-state index contributed by atoms with van der Waals surface area (Å²) in [6.07, 6.45) is 8.07. The third-order valence-corrected chi connectivity index (χ3v) is 3.67. The quantitative estimate of drug-likeness (QED) is 0.831. The molecule has 0 atom stereocenters. The molecule has 1 aliphatic rings. The van der Waals surface area contributed by atoms with E-state index in [2.05, 4.69) is 16.1 Å². The van der Waals surface area contributed by atoms with Gasteiger partial charge in [0.15, 0.2) is 0 Å². The second-order valence-electron chi connectivity index (χ2n) is 5.24. The van der Waals surface area contributed by atoms with Crippen LogP contribution >= 0.6 is 0 Å². The standard InChI is InChI=1S/C16H20F2N2/c1-2-7-20-8-4-16(5-9-20)19-6-3-13-10-14(17)12-15(18)11-13/h1,10-12,16,19H,3-9H2. The average Bonchev–Trinajstić information content (AvgIpc) is 2.40. The monoisotopic (exact) mass is 278 g/mol. The van der Waals surface area contributed by atoms with Gasteiger partial charge in [-0.3, -0.25) is 4.90 Å². The Labute approximate surface area is 119 Å². The first-order valence-corrected chi connectivity index (χ1v) is 7.01. The van der Waals surface area contributed by atoms with E-state index in [9.17, 15) is 8.78 Å². The Balaban J connectivity index is 1.70. The molecule has 1 aromatic carbocycles. The zero-order valence-electron chi connectivity index (χ0n) is 11.5. The molecule has 1 aromatic rings. The first-order valence-electron chi connectivity index (χ1n) is 7.01. The van der Waals surface area contributed by atoms with Gasteiger partial charge in [-0.15, -0.1) is 6.42 Å². The number of benzene rings is 1. The van der Waals surface area contributed by atoms with Crippen LogP contribution in [0.15, 0.2) is 18.2 Å². The third-order valence-electron chi connectivity index (χ3n) is 3.67. The van der Waals surface area contributed by atoms with Crippen LogP contribution in [0.2, 0.25) is 0 Å². The van der Waals surface area contributed by atoms with Crippen molar-refractivity contribution in [1.29, 1.82) is 0 Å². The minimum atomic E-state index is -0.511. The van der Waals surface area contributed by atoms with Crippen LogP contribution in [-0.2, 0) is 6.42 Å². The van der Waals surface area contributed by atoms with Gasteiger partial charge in [-0.05, 0) is 43.5 Å². The number of hydrogen-bond donors (Lipinski definition) is 1. The highest BCUT2D eigenvalue weighted by Crippen LogP contribution is 2.11. The first-order chi connectivity index (χ1) is 9.67. The number of hydrogen-bond acceptors (Lipinski definition) is 2. The van der Waals surface area contributed by atoms with Gasteiger partial charge in [0.05, 0.1) is 6.54 Å². The normalized spacial score (nSPS) is 17.1. The Morgan fingerprint density at radius 3 is 2.45 bits per heavy atom. The van der Waals surface area contributed by atoms with Crippen LogP contribution in [-0.4, -0.2) is 37.1 Å². The number of piperidine rings is 1. The maximum atomic E-state index is 13.0. The van der Waals surface area contributed by atoms with Gasteiger partial charge in [0.1, 0.15) is 11.6 Å². The average molecular weight is 278 g/mol. The van der Waals surface area contributed by atoms with Crippen molar-refractivity contribution >= 4 is 0 Å². The van der Waals surface area contributed by atoms with Gasteiger partial charge in [-0.25, -0.2) is 8.78 Å². The Bertz CT molecular complexity index is 454. The molecule has 0 bridgehead atoms. The lowest BCUT2D eigenvalue weighted by Crippen LogP contribution is -2.43. The van der Waals surface area contributed by atoms with E-state index >= 15 is 0 Å². The van der Waals surface area contributed by atoms with Crippen molar-refractivity contribution in [1.82, 2.24) is 10.2 Å². The summed E-state index contributed by atoms with van der Waals surface area (Å²) in [7, 11) is 0. The number of nitrogens with one attached hydrogen (secondary N) is 1. The Hall–Kier alpha value is -1.44. The van der Waals surface area contributed by atoms with Crippen molar-refractivity contribution in [3.05, 3.63) is 35.4 Å². The molecule has 1 N–H and O–H groups in total. The molecule has 1 fully saturated rings. The fourth-order valence-corrected chi connectivity index (χ4v) is 2.60. The van der Waals surface area contributed by atoms with E-state index in [0.29, 0.717) is 18.0 Å². The lowest BCUT2D eigenvalue weighted by molar-refractivity contribution is 0.218. The largest absolute Gasteiger partial charge is 0.314 e. The van der Waals surface area contributed by atoms with E-state index in [1.165, 1.54) is 12.1 Å². The molecule has 1 heterocycles.